The molecule has 0 saturated heterocycles. The van der Waals surface area contributed by atoms with E-state index in [2.05, 4.69) is 42.5 Å². The highest BCUT2D eigenvalue weighted by molar-refractivity contribution is 8.12. The van der Waals surface area contributed by atoms with Gasteiger partial charge in [-0.05, 0) is 48.9 Å². The smallest absolute Gasteiger partial charge is 0.207 e. The van der Waals surface area contributed by atoms with E-state index in [1.807, 2.05) is 26.0 Å². The molecule has 0 heterocycles. The zero-order valence-corrected chi connectivity index (χ0v) is 13.3. The second kappa shape index (κ2) is 8.50. The lowest BCUT2D eigenvalue weighted by Crippen LogP contribution is -2.15. The number of amides is 1. The van der Waals surface area contributed by atoms with Crippen LogP contribution in [0, 0.1) is 11.2 Å². The molecule has 106 valence electrons. The molecule has 20 heavy (non-hydrogen) atoms. The number of hydrogen-bond donors (Lipinski definition) is 1. The number of thioether (sulfide) groups is 1. The van der Waals surface area contributed by atoms with E-state index in [-0.39, 0.29) is 6.04 Å². The average Bonchev–Trinajstić information content (AvgIpc) is 2.44. The molecule has 1 unspecified atom stereocenters. The molecular formula is C17H21NOS. The largest absolute Gasteiger partial charge is 0.352 e. The minimum absolute atomic E-state index is 0.0317. The summed E-state index contributed by atoms with van der Waals surface area (Å²) in [6, 6.07) is 8.30. The van der Waals surface area contributed by atoms with Gasteiger partial charge in [0.2, 0.25) is 6.41 Å². The number of carbonyl (C=O) groups is 1. The van der Waals surface area contributed by atoms with Gasteiger partial charge >= 0.3 is 0 Å². The first kappa shape index (κ1) is 16.4. The van der Waals surface area contributed by atoms with Crippen molar-refractivity contribution >= 4 is 23.1 Å². The summed E-state index contributed by atoms with van der Waals surface area (Å²) >= 11 is 1.58. The van der Waals surface area contributed by atoms with Crippen LogP contribution in [-0.2, 0) is 4.79 Å². The summed E-state index contributed by atoms with van der Waals surface area (Å²) in [5.41, 5.74) is 3.52. The minimum Gasteiger partial charge on any atom is -0.352 e. The van der Waals surface area contributed by atoms with Gasteiger partial charge < -0.3 is 5.32 Å². The fourth-order valence-corrected chi connectivity index (χ4v) is 2.51. The molecule has 1 aromatic rings. The summed E-state index contributed by atoms with van der Waals surface area (Å²) in [5, 5.41) is 5.88. The van der Waals surface area contributed by atoms with Crippen LogP contribution in [0.15, 0.2) is 29.8 Å². The summed E-state index contributed by atoms with van der Waals surface area (Å²) < 4.78 is 0. The first-order valence-electron chi connectivity index (χ1n) is 6.72. The van der Waals surface area contributed by atoms with Crippen LogP contribution in [0.5, 0.6) is 0 Å². The van der Waals surface area contributed by atoms with E-state index >= 15 is 0 Å². The van der Waals surface area contributed by atoms with Crippen LogP contribution >= 0.6 is 11.8 Å². The van der Waals surface area contributed by atoms with Crippen molar-refractivity contribution in [3.63, 3.8) is 0 Å². The first-order chi connectivity index (χ1) is 9.60. The Morgan fingerprint density at radius 2 is 2.00 bits per heavy atom. The van der Waals surface area contributed by atoms with Crippen LogP contribution in [0.3, 0.4) is 0 Å². The highest BCUT2D eigenvalue weighted by atomic mass is 32.2. The molecule has 0 saturated carbocycles. The van der Waals surface area contributed by atoms with Gasteiger partial charge in [-0.15, -0.1) is 0 Å². The fraction of sp³-hybridized carbons (Fsp3) is 0.353. The predicted molar refractivity (Wildman–Crippen MR) is 88.0 cm³/mol. The lowest BCUT2D eigenvalue weighted by Gasteiger charge is -2.12. The van der Waals surface area contributed by atoms with Crippen molar-refractivity contribution in [1.29, 1.82) is 0 Å². The van der Waals surface area contributed by atoms with Crippen molar-refractivity contribution in [2.24, 2.45) is 0 Å². The van der Waals surface area contributed by atoms with Gasteiger partial charge in [-0.2, -0.15) is 0 Å². The number of nitrogens with one attached hydrogen (secondary N) is 1. The molecule has 0 aromatic heterocycles. The monoisotopic (exact) mass is 287 g/mol. The van der Waals surface area contributed by atoms with Crippen molar-refractivity contribution in [3.05, 3.63) is 41.0 Å². The van der Waals surface area contributed by atoms with E-state index in [0.29, 0.717) is 0 Å². The van der Waals surface area contributed by atoms with Crippen LogP contribution in [0.4, 0.5) is 0 Å². The first-order valence-corrected chi connectivity index (χ1v) is 7.54. The lowest BCUT2D eigenvalue weighted by atomic mass is 10.0. The fourth-order valence-electron chi connectivity index (χ4n) is 1.73. The topological polar surface area (TPSA) is 29.1 Å². The lowest BCUT2D eigenvalue weighted by molar-refractivity contribution is -0.110. The molecule has 0 radical (unpaired) electrons. The van der Waals surface area contributed by atoms with Gasteiger partial charge in [-0.25, -0.2) is 0 Å². The van der Waals surface area contributed by atoms with Crippen molar-refractivity contribution in [3.8, 4) is 11.2 Å². The number of rotatable bonds is 5. The molecule has 0 aliphatic carbocycles. The van der Waals surface area contributed by atoms with E-state index in [9.17, 15) is 4.79 Å². The molecule has 1 amide bonds. The Morgan fingerprint density at radius 1 is 1.35 bits per heavy atom. The van der Waals surface area contributed by atoms with Crippen LogP contribution < -0.4 is 5.32 Å². The molecular weight excluding hydrogens is 266 g/mol. The molecule has 1 N–H and O–H groups in total. The Balaban J connectivity index is 2.94. The average molecular weight is 287 g/mol. The second-order valence-electron chi connectivity index (χ2n) is 4.69. The number of carbonyl (C=O) groups excluding carboxylic acids is 1. The molecule has 0 aliphatic rings. The van der Waals surface area contributed by atoms with Gasteiger partial charge in [-0.3, -0.25) is 4.79 Å². The maximum absolute atomic E-state index is 10.5. The van der Waals surface area contributed by atoms with Crippen LogP contribution in [0.1, 0.15) is 51.3 Å². The molecule has 1 aromatic carbocycles. The van der Waals surface area contributed by atoms with Crippen LogP contribution in [-0.4, -0.2) is 6.41 Å². The zero-order valence-electron chi connectivity index (χ0n) is 12.5. The van der Waals surface area contributed by atoms with Gasteiger partial charge in [-0.1, -0.05) is 42.7 Å². The second-order valence-corrected chi connectivity index (χ2v) is 5.51. The van der Waals surface area contributed by atoms with Crippen LogP contribution in [0.2, 0.25) is 0 Å². The summed E-state index contributed by atoms with van der Waals surface area (Å²) in [6.45, 7) is 8.21. The molecule has 0 bridgehead atoms. The van der Waals surface area contributed by atoms with Crippen molar-refractivity contribution in [1.82, 2.24) is 5.32 Å². The zero-order chi connectivity index (χ0) is 15.0. The molecule has 3 heteroatoms. The van der Waals surface area contributed by atoms with Gasteiger partial charge in [0.1, 0.15) is 0 Å². The summed E-state index contributed by atoms with van der Waals surface area (Å²) in [4.78, 5) is 11.7. The number of hydrogen-bond acceptors (Lipinski definition) is 2. The van der Waals surface area contributed by atoms with Crippen LogP contribution in [0.25, 0.3) is 4.91 Å². The van der Waals surface area contributed by atoms with E-state index in [1.54, 1.807) is 11.8 Å². The summed E-state index contributed by atoms with van der Waals surface area (Å²) in [7, 11) is 0. The number of allylic oxidation sites excluding steroid dienone is 1. The van der Waals surface area contributed by atoms with Gasteiger partial charge in [0.05, 0.1) is 6.04 Å². The molecule has 0 spiro atoms. The van der Waals surface area contributed by atoms with Crippen molar-refractivity contribution in [2.45, 2.75) is 40.2 Å². The highest BCUT2D eigenvalue weighted by Crippen LogP contribution is 2.30. The molecule has 0 aliphatic heterocycles. The molecule has 1 atom stereocenters. The third kappa shape index (κ3) is 4.79. The third-order valence-electron chi connectivity index (χ3n) is 2.85. The Morgan fingerprint density at radius 3 is 2.50 bits per heavy atom. The standard InChI is InChI=1S/C17H21NOS/c1-5-6-11-20-17(13(2)3)16-9-7-15(8-10-16)14(4)18-12-19/h7-10,12,14H,5H2,1-4H3,(H,18,19). The minimum atomic E-state index is 0.0317. The maximum atomic E-state index is 10.5. The van der Waals surface area contributed by atoms with Crippen molar-refractivity contribution in [2.75, 3.05) is 0 Å². The van der Waals surface area contributed by atoms with E-state index < -0.39 is 0 Å². The molecule has 2 nitrogen and oxygen atoms in total. The SMILES string of the molecule is CCC#CSC(=C(C)C)c1ccc(C(C)NC=O)cc1. The van der Waals surface area contributed by atoms with Crippen molar-refractivity contribution < 1.29 is 4.79 Å². The predicted octanol–water partition coefficient (Wildman–Crippen LogP) is 4.35. The Hall–Kier alpha value is -1.66. The Bertz CT molecular complexity index is 530. The third-order valence-corrected chi connectivity index (χ3v) is 3.94. The van der Waals surface area contributed by atoms with E-state index in [4.69, 9.17) is 0 Å². The highest BCUT2D eigenvalue weighted by Gasteiger charge is 2.07. The quantitative estimate of drug-likeness (QED) is 0.644. The summed E-state index contributed by atoms with van der Waals surface area (Å²) in [5.74, 6) is 3.08. The van der Waals surface area contributed by atoms with E-state index in [1.165, 1.54) is 16.0 Å². The van der Waals surface area contributed by atoms with Gasteiger partial charge in [0.25, 0.3) is 0 Å². The molecule has 0 fully saturated rings. The Labute approximate surface area is 126 Å². The van der Waals surface area contributed by atoms with E-state index in [0.717, 1.165) is 18.4 Å². The number of benzene rings is 1. The van der Waals surface area contributed by atoms with Gasteiger partial charge in [0, 0.05) is 11.3 Å². The molecule has 1 rings (SSSR count). The summed E-state index contributed by atoms with van der Waals surface area (Å²) in [6.07, 6.45) is 1.60. The maximum Gasteiger partial charge on any atom is 0.207 e. The van der Waals surface area contributed by atoms with Gasteiger partial charge in [0.15, 0.2) is 0 Å². The Kier molecular flexibility index (Phi) is 6.97. The normalized spacial score (nSPS) is 11.0.